The Balaban J connectivity index is 0.000000132. The number of ether oxygens (including phenoxy) is 7. The van der Waals surface area contributed by atoms with Crippen molar-refractivity contribution in [3.63, 3.8) is 0 Å². The molecule has 510 valence electrons. The molecule has 0 amide bonds. The summed E-state index contributed by atoms with van der Waals surface area (Å²) in [5.74, 6) is 2.70. The molecule has 1 atom stereocenters. The van der Waals surface area contributed by atoms with Crippen LogP contribution in [-0.2, 0) is 78.8 Å². The predicted octanol–water partition coefficient (Wildman–Crippen LogP) is 9.97. The molecule has 0 aromatic heterocycles. The quantitative estimate of drug-likeness (QED) is 0.104. The zero-order valence-electron chi connectivity index (χ0n) is 52.6. The maximum atomic E-state index is 13.4. The Labute approximate surface area is 567 Å². The van der Waals surface area contributed by atoms with Gasteiger partial charge in [-0.2, -0.15) is 0 Å². The third kappa shape index (κ3) is 12.6. The monoisotopic (exact) mass is 1450 g/mol. The van der Waals surface area contributed by atoms with Crippen LogP contribution in [0, 0.1) is 12.7 Å². The number of sulfonamides is 3. The number of benzene rings is 9. The summed E-state index contributed by atoms with van der Waals surface area (Å²) in [4.78, 5) is 0.891. The van der Waals surface area contributed by atoms with E-state index >= 15 is 0 Å². The molecule has 0 fully saturated rings. The number of aryl methyl sites for hydroxylation is 1. The average molecular weight is 1450 g/mol. The van der Waals surface area contributed by atoms with Crippen LogP contribution in [0.2, 0.25) is 0 Å². The Morgan fingerprint density at radius 2 is 0.745 bits per heavy atom. The standard InChI is InChI=1S/C24H23NO7S2.C23H21NO6S2.C22H18FNO6S2/c1-16-13-17-14-20(33(26,27)21-8-10-23-24(15-21)32-12-11-31-23)7-9-22(17)25(16)34(28,29)19-5-3-18(30-2)4-6-19;1-16-4-2-3-5-23(16)32(27,28)24-11-10-17-14-18(6-8-20(17)24)31(25,26)19-7-9-21-22(15-19)30-13-12-29-21;23-16-1-3-17(4-2-16)32(27,28)24-10-9-15-13-18(5-7-20(15)24)31(25,26)19-6-8-21-22(14-19)30-12-11-29-21/h3-10,14-16H,11-13H2,1-2H3;2-9,14-15H,10-13H2,1H3;1-8,13-14H,9-12H2. The number of fused-ring (bicyclic) bond motifs is 6. The molecule has 0 radical (unpaired) electrons. The summed E-state index contributed by atoms with van der Waals surface area (Å²) < 4.78 is 214. The molecule has 22 nitrogen and oxygen atoms in total. The molecule has 6 aliphatic rings. The van der Waals surface area contributed by atoms with Gasteiger partial charge in [0.05, 0.1) is 68.2 Å². The van der Waals surface area contributed by atoms with Gasteiger partial charge in [-0.05, 0) is 201 Å². The lowest BCUT2D eigenvalue weighted by Gasteiger charge is -2.24. The summed E-state index contributed by atoms with van der Waals surface area (Å²) in [6.45, 7) is 6.29. The molecular weight excluding hydrogens is 1390 g/mol. The van der Waals surface area contributed by atoms with Gasteiger partial charge in [-0.1, -0.05) is 18.2 Å². The van der Waals surface area contributed by atoms with Crippen LogP contribution in [0.25, 0.3) is 0 Å². The number of anilines is 3. The Morgan fingerprint density at radius 3 is 1.18 bits per heavy atom. The summed E-state index contributed by atoms with van der Waals surface area (Å²) in [5, 5.41) is 0. The summed E-state index contributed by atoms with van der Waals surface area (Å²) in [6, 6.07) is 44.3. The third-order valence-electron chi connectivity index (χ3n) is 17.1. The molecule has 6 aliphatic heterocycles. The van der Waals surface area contributed by atoms with E-state index in [9.17, 15) is 54.9 Å². The van der Waals surface area contributed by atoms with E-state index in [0.29, 0.717) is 138 Å². The molecule has 29 heteroatoms. The largest absolute Gasteiger partial charge is 0.497 e. The maximum absolute atomic E-state index is 13.4. The second-order valence-electron chi connectivity index (χ2n) is 23.2. The van der Waals surface area contributed by atoms with Gasteiger partial charge in [-0.15, -0.1) is 0 Å². The van der Waals surface area contributed by atoms with Crippen molar-refractivity contribution in [3.8, 4) is 40.2 Å². The van der Waals surface area contributed by atoms with Gasteiger partial charge < -0.3 is 33.2 Å². The van der Waals surface area contributed by atoms with E-state index in [1.54, 1.807) is 92.7 Å². The van der Waals surface area contributed by atoms with Crippen molar-refractivity contribution in [1.82, 2.24) is 0 Å². The first-order valence-electron chi connectivity index (χ1n) is 30.6. The molecule has 9 aromatic rings. The second kappa shape index (κ2) is 26.1. The normalized spacial score (nSPS) is 16.1. The van der Waals surface area contributed by atoms with Crippen molar-refractivity contribution in [1.29, 1.82) is 0 Å². The highest BCUT2D eigenvalue weighted by molar-refractivity contribution is 7.94. The number of methoxy groups -OCH3 is 1. The lowest BCUT2D eigenvalue weighted by molar-refractivity contribution is 0.171. The van der Waals surface area contributed by atoms with E-state index in [1.807, 2.05) is 0 Å². The summed E-state index contributed by atoms with van der Waals surface area (Å²) in [5.41, 5.74) is 4.01. The van der Waals surface area contributed by atoms with Gasteiger partial charge in [-0.3, -0.25) is 12.9 Å². The minimum absolute atomic E-state index is 0.0280. The number of hydrogen-bond acceptors (Lipinski definition) is 19. The summed E-state index contributed by atoms with van der Waals surface area (Å²) in [6.07, 6.45) is 1.19. The number of nitrogens with zero attached hydrogens (tertiary/aromatic N) is 3. The molecule has 0 saturated heterocycles. The molecular formula is C69H62FN3O19S6. The van der Waals surface area contributed by atoms with Gasteiger partial charge in [-0.25, -0.2) is 54.9 Å². The lowest BCUT2D eigenvalue weighted by Crippen LogP contribution is -2.35. The Kier molecular flexibility index (Phi) is 17.9. The second-order valence-corrected chi connectivity index (χ2v) is 34.6. The summed E-state index contributed by atoms with van der Waals surface area (Å²) >= 11 is 0. The third-order valence-corrected chi connectivity index (χ3v) is 28.1. The molecule has 0 spiro atoms. The zero-order chi connectivity index (χ0) is 69.1. The smallest absolute Gasteiger partial charge is 0.264 e. The van der Waals surface area contributed by atoms with E-state index in [0.717, 1.165) is 12.1 Å². The minimum Gasteiger partial charge on any atom is -0.497 e. The molecule has 98 heavy (non-hydrogen) atoms. The van der Waals surface area contributed by atoms with E-state index in [-0.39, 0.29) is 63.2 Å². The van der Waals surface area contributed by atoms with Crippen LogP contribution < -0.4 is 46.1 Å². The van der Waals surface area contributed by atoms with Crippen molar-refractivity contribution in [3.05, 3.63) is 210 Å². The number of rotatable bonds is 13. The van der Waals surface area contributed by atoms with E-state index in [1.165, 1.54) is 111 Å². The summed E-state index contributed by atoms with van der Waals surface area (Å²) in [7, 11) is -21.5. The fraction of sp³-hybridized carbons (Fsp3) is 0.217. The Bertz CT molecular complexity index is 5380. The number of hydrogen-bond donors (Lipinski definition) is 0. The highest BCUT2D eigenvalue weighted by atomic mass is 32.2. The topological polar surface area (TPSA) is 279 Å². The Morgan fingerprint density at radius 1 is 0.388 bits per heavy atom. The number of sulfone groups is 3. The van der Waals surface area contributed by atoms with Crippen molar-refractivity contribution in [2.24, 2.45) is 0 Å². The van der Waals surface area contributed by atoms with Crippen LogP contribution in [-0.4, -0.2) is 116 Å². The predicted molar refractivity (Wildman–Crippen MR) is 358 cm³/mol. The molecule has 0 aliphatic carbocycles. The van der Waals surface area contributed by atoms with Crippen molar-refractivity contribution in [2.45, 2.75) is 83.2 Å². The molecule has 15 rings (SSSR count). The zero-order valence-corrected chi connectivity index (χ0v) is 57.5. The van der Waals surface area contributed by atoms with E-state index in [2.05, 4.69) is 0 Å². The Hall–Kier alpha value is -9.39. The first-order chi connectivity index (χ1) is 46.8. The van der Waals surface area contributed by atoms with Crippen LogP contribution >= 0.6 is 0 Å². The number of halogens is 1. The van der Waals surface area contributed by atoms with Crippen LogP contribution in [0.3, 0.4) is 0 Å². The van der Waals surface area contributed by atoms with Gasteiger partial charge >= 0.3 is 0 Å². The van der Waals surface area contributed by atoms with Crippen LogP contribution in [0.4, 0.5) is 21.5 Å². The van der Waals surface area contributed by atoms with Gasteiger partial charge in [0.25, 0.3) is 30.1 Å². The minimum atomic E-state index is -3.89. The van der Waals surface area contributed by atoms with Crippen molar-refractivity contribution >= 4 is 76.6 Å². The maximum Gasteiger partial charge on any atom is 0.264 e. The van der Waals surface area contributed by atoms with Crippen molar-refractivity contribution in [2.75, 3.05) is 72.8 Å². The van der Waals surface area contributed by atoms with E-state index in [4.69, 9.17) is 33.2 Å². The van der Waals surface area contributed by atoms with Crippen LogP contribution in [0.5, 0.6) is 40.2 Å². The molecule has 0 N–H and O–H groups in total. The highest BCUT2D eigenvalue weighted by Gasteiger charge is 2.39. The highest BCUT2D eigenvalue weighted by Crippen LogP contribution is 2.43. The van der Waals surface area contributed by atoms with Gasteiger partial charge in [0.2, 0.25) is 29.5 Å². The lowest BCUT2D eigenvalue weighted by atomic mass is 10.1. The molecule has 6 heterocycles. The SMILES string of the molecule is COc1ccc(S(=O)(=O)N2c3ccc(S(=O)(=O)c4ccc5c(c4)OCCO5)cc3CC2C)cc1.Cc1ccccc1S(=O)(=O)N1CCc2cc(S(=O)(=O)c3ccc4c(c3)OCCO4)ccc21.O=S(=O)(c1ccc2c(c1)CCN2S(=O)(=O)c1ccc(F)cc1)c1ccc2c(c1)OCCO2. The van der Waals surface area contributed by atoms with Gasteiger partial charge in [0.1, 0.15) is 51.2 Å². The molecule has 1 unspecified atom stereocenters. The van der Waals surface area contributed by atoms with Crippen LogP contribution in [0.15, 0.2) is 226 Å². The van der Waals surface area contributed by atoms with Crippen molar-refractivity contribution < 1.29 is 88.1 Å². The molecule has 9 aromatic carbocycles. The van der Waals surface area contributed by atoms with E-state index < -0.39 is 65.4 Å². The van der Waals surface area contributed by atoms with Gasteiger partial charge in [0.15, 0.2) is 34.5 Å². The fourth-order valence-corrected chi connectivity index (χ4v) is 21.1. The average Bonchev–Trinajstić information content (AvgIpc) is 1.57. The van der Waals surface area contributed by atoms with Crippen LogP contribution in [0.1, 0.15) is 29.2 Å². The van der Waals surface area contributed by atoms with Gasteiger partial charge in [0, 0.05) is 37.3 Å². The molecule has 0 bridgehead atoms. The fourth-order valence-electron chi connectivity index (χ4n) is 12.2. The first kappa shape index (κ1) is 67.2. The molecule has 0 saturated carbocycles. The first-order valence-corrected chi connectivity index (χ1v) is 39.4.